The van der Waals surface area contributed by atoms with E-state index in [2.05, 4.69) is 27.5 Å². The van der Waals surface area contributed by atoms with Crippen LogP contribution in [-0.2, 0) is 9.47 Å². The van der Waals surface area contributed by atoms with Crippen molar-refractivity contribution in [3.05, 3.63) is 36.2 Å². The highest BCUT2D eigenvalue weighted by Gasteiger charge is 2.34. The number of ether oxygens (including phenoxy) is 3. The summed E-state index contributed by atoms with van der Waals surface area (Å²) in [5, 5.41) is 5.70. The number of amides is 3. The number of anilines is 1. The van der Waals surface area contributed by atoms with E-state index in [4.69, 9.17) is 14.2 Å². The molecule has 3 amide bonds. The summed E-state index contributed by atoms with van der Waals surface area (Å²) >= 11 is 0. The van der Waals surface area contributed by atoms with Gasteiger partial charge in [-0.3, -0.25) is 10.3 Å². The predicted octanol–water partition coefficient (Wildman–Crippen LogP) is 4.39. The highest BCUT2D eigenvalue weighted by atomic mass is 16.6. The molecule has 0 saturated carbocycles. The van der Waals surface area contributed by atoms with Crippen LogP contribution in [0, 0.1) is 12.3 Å². The zero-order chi connectivity index (χ0) is 26.6. The molecule has 0 spiro atoms. The van der Waals surface area contributed by atoms with Crippen molar-refractivity contribution in [2.24, 2.45) is 5.41 Å². The number of likely N-dealkylation sites (tertiary alicyclic amines) is 1. The summed E-state index contributed by atoms with van der Waals surface area (Å²) in [5.41, 5.74) is 2.02. The van der Waals surface area contributed by atoms with Crippen molar-refractivity contribution in [3.8, 4) is 17.0 Å². The third kappa shape index (κ3) is 7.31. The van der Waals surface area contributed by atoms with E-state index in [1.54, 1.807) is 11.1 Å². The molecule has 2 N–H and O–H groups in total. The Balaban J connectivity index is 1.33. The van der Waals surface area contributed by atoms with E-state index in [0.717, 1.165) is 42.9 Å². The van der Waals surface area contributed by atoms with Crippen LogP contribution in [0.4, 0.5) is 15.4 Å². The Morgan fingerprint density at radius 1 is 1.24 bits per heavy atom. The number of aromatic nitrogens is 2. The van der Waals surface area contributed by atoms with E-state index < -0.39 is 11.6 Å². The van der Waals surface area contributed by atoms with E-state index >= 15 is 0 Å². The molecule has 2 saturated heterocycles. The van der Waals surface area contributed by atoms with Crippen LogP contribution in [0.5, 0.6) is 5.75 Å². The molecular weight excluding hydrogens is 474 g/mol. The van der Waals surface area contributed by atoms with Crippen LogP contribution >= 0.6 is 0 Å². The normalized spacial score (nSPS) is 18.9. The Labute approximate surface area is 218 Å². The summed E-state index contributed by atoms with van der Waals surface area (Å²) in [5.74, 6) is 1.16. The van der Waals surface area contributed by atoms with Crippen molar-refractivity contribution < 1.29 is 23.8 Å². The van der Waals surface area contributed by atoms with Gasteiger partial charge < -0.3 is 24.4 Å². The monoisotopic (exact) mass is 511 g/mol. The van der Waals surface area contributed by atoms with Crippen LogP contribution in [0.3, 0.4) is 0 Å². The van der Waals surface area contributed by atoms with Gasteiger partial charge in [-0.1, -0.05) is 6.92 Å². The minimum absolute atomic E-state index is 0.0722. The molecule has 37 heavy (non-hydrogen) atoms. The first-order valence-corrected chi connectivity index (χ1v) is 12.7. The van der Waals surface area contributed by atoms with Crippen LogP contribution in [-0.4, -0.2) is 71.5 Å². The summed E-state index contributed by atoms with van der Waals surface area (Å²) in [4.78, 5) is 35.5. The van der Waals surface area contributed by atoms with Gasteiger partial charge in [-0.2, -0.15) is 0 Å². The number of hydrogen-bond donors (Lipinski definition) is 2. The number of hydrogen-bond acceptors (Lipinski definition) is 7. The second-order valence-electron chi connectivity index (χ2n) is 11.2. The molecule has 0 unspecified atom stereocenters. The molecule has 2 aliphatic heterocycles. The van der Waals surface area contributed by atoms with Gasteiger partial charge in [0.2, 0.25) is 0 Å². The largest absolute Gasteiger partial charge is 0.493 e. The Hall–Kier alpha value is -3.40. The lowest BCUT2D eigenvalue weighted by Gasteiger charge is -2.37. The molecule has 2 fully saturated rings. The summed E-state index contributed by atoms with van der Waals surface area (Å²) in [6.45, 7) is 12.7. The van der Waals surface area contributed by atoms with Gasteiger partial charge in [-0.05, 0) is 64.3 Å². The molecule has 1 aromatic carbocycles. The predicted molar refractivity (Wildman–Crippen MR) is 140 cm³/mol. The topological polar surface area (TPSA) is 115 Å². The lowest BCUT2D eigenvalue weighted by Crippen LogP contribution is -2.51. The van der Waals surface area contributed by atoms with Gasteiger partial charge in [0.25, 0.3) is 0 Å². The molecule has 2 aromatic rings. The molecule has 2 aliphatic rings. The Bertz CT molecular complexity index is 1130. The fraction of sp³-hybridized carbons (Fsp3) is 0.556. The minimum Gasteiger partial charge on any atom is -0.493 e. The Morgan fingerprint density at radius 2 is 2.03 bits per heavy atom. The summed E-state index contributed by atoms with van der Waals surface area (Å²) in [6.07, 6.45) is 4.35. The molecule has 4 rings (SSSR count). The van der Waals surface area contributed by atoms with Gasteiger partial charge in [0.1, 0.15) is 11.4 Å². The zero-order valence-electron chi connectivity index (χ0n) is 22.3. The van der Waals surface area contributed by atoms with Crippen molar-refractivity contribution in [1.29, 1.82) is 0 Å². The van der Waals surface area contributed by atoms with E-state index in [9.17, 15) is 9.59 Å². The van der Waals surface area contributed by atoms with Crippen molar-refractivity contribution in [2.45, 2.75) is 59.1 Å². The number of nitrogens with one attached hydrogen (secondary N) is 2. The van der Waals surface area contributed by atoms with Crippen LogP contribution < -0.4 is 15.4 Å². The lowest BCUT2D eigenvalue weighted by molar-refractivity contribution is -0.120. The minimum atomic E-state index is -0.561. The maximum Gasteiger partial charge on any atom is 0.410 e. The third-order valence-electron chi connectivity index (χ3n) is 6.23. The number of rotatable bonds is 6. The third-order valence-corrected chi connectivity index (χ3v) is 6.23. The fourth-order valence-electron chi connectivity index (χ4n) is 4.25. The number of carbonyl (C=O) groups is 2. The molecule has 1 atom stereocenters. The maximum atomic E-state index is 12.7. The summed E-state index contributed by atoms with van der Waals surface area (Å²) in [6, 6.07) is 5.29. The number of benzene rings is 1. The van der Waals surface area contributed by atoms with Crippen LogP contribution in [0.25, 0.3) is 11.3 Å². The van der Waals surface area contributed by atoms with E-state index in [1.165, 1.54) is 6.20 Å². The second-order valence-corrected chi connectivity index (χ2v) is 11.2. The van der Waals surface area contributed by atoms with Gasteiger partial charge in [0.05, 0.1) is 37.9 Å². The molecule has 10 nitrogen and oxygen atoms in total. The average Bonchev–Trinajstić information content (AvgIpc) is 2.81. The highest BCUT2D eigenvalue weighted by molar-refractivity contribution is 5.88. The SMILES string of the molecule is Cc1cc(-c2cncc(NC(=O)N[C@H]3CCCN(C(=O)OC(C)(C)C)C3)n2)ccc1OCC1(C)COC1. The lowest BCUT2D eigenvalue weighted by atomic mass is 9.90. The fourth-order valence-corrected chi connectivity index (χ4v) is 4.25. The second kappa shape index (κ2) is 10.9. The van der Waals surface area contributed by atoms with E-state index in [-0.39, 0.29) is 17.6 Å². The van der Waals surface area contributed by atoms with Gasteiger partial charge in [-0.15, -0.1) is 0 Å². The van der Waals surface area contributed by atoms with Crippen LogP contribution in [0.1, 0.15) is 46.1 Å². The molecule has 3 heterocycles. The number of urea groups is 1. The first-order valence-electron chi connectivity index (χ1n) is 12.7. The number of carbonyl (C=O) groups excluding carboxylic acids is 2. The Morgan fingerprint density at radius 3 is 2.70 bits per heavy atom. The van der Waals surface area contributed by atoms with Crippen molar-refractivity contribution in [3.63, 3.8) is 0 Å². The van der Waals surface area contributed by atoms with Gasteiger partial charge in [0, 0.05) is 30.1 Å². The standard InChI is InChI=1S/C27H37N5O5/c1-18-11-19(8-9-22(18)36-17-27(5)15-35-16-27)21-12-28-13-23(30-21)31-24(33)29-20-7-6-10-32(14-20)25(34)37-26(2,3)4/h8-9,11-13,20H,6-7,10,14-17H2,1-5H3,(H2,29,30,31,33)/t20-/m0/s1. The highest BCUT2D eigenvalue weighted by Crippen LogP contribution is 2.30. The van der Waals surface area contributed by atoms with Crippen LogP contribution in [0.2, 0.25) is 0 Å². The molecular formula is C27H37N5O5. The Kier molecular flexibility index (Phi) is 7.87. The van der Waals surface area contributed by atoms with Crippen LogP contribution in [0.15, 0.2) is 30.6 Å². The first-order chi connectivity index (χ1) is 17.5. The number of nitrogens with zero attached hydrogens (tertiary/aromatic N) is 3. The van der Waals surface area contributed by atoms with Gasteiger partial charge in [-0.25, -0.2) is 14.6 Å². The van der Waals surface area contributed by atoms with E-state index in [0.29, 0.717) is 31.2 Å². The summed E-state index contributed by atoms with van der Waals surface area (Å²) < 4.78 is 16.8. The molecule has 1 aromatic heterocycles. The molecule has 200 valence electrons. The quantitative estimate of drug-likeness (QED) is 0.591. The van der Waals surface area contributed by atoms with Gasteiger partial charge in [0.15, 0.2) is 5.82 Å². The first kappa shape index (κ1) is 26.7. The van der Waals surface area contributed by atoms with Crippen molar-refractivity contribution in [1.82, 2.24) is 20.2 Å². The average molecular weight is 512 g/mol. The molecule has 10 heteroatoms. The maximum absolute atomic E-state index is 12.7. The summed E-state index contributed by atoms with van der Waals surface area (Å²) in [7, 11) is 0. The number of piperidine rings is 1. The smallest absolute Gasteiger partial charge is 0.410 e. The van der Waals surface area contributed by atoms with Crippen molar-refractivity contribution >= 4 is 17.9 Å². The van der Waals surface area contributed by atoms with Crippen molar-refractivity contribution in [2.75, 3.05) is 38.2 Å². The number of aryl methyl sites for hydroxylation is 1. The molecule has 0 aliphatic carbocycles. The molecule has 0 bridgehead atoms. The van der Waals surface area contributed by atoms with E-state index in [1.807, 2.05) is 45.9 Å². The molecule has 0 radical (unpaired) electrons. The zero-order valence-corrected chi connectivity index (χ0v) is 22.3. The van der Waals surface area contributed by atoms with Gasteiger partial charge >= 0.3 is 12.1 Å².